The Kier molecular flexibility index (Phi) is 6.98. The van der Waals surface area contributed by atoms with Crippen molar-refractivity contribution in [1.29, 1.82) is 0 Å². The molecule has 0 saturated heterocycles. The van der Waals surface area contributed by atoms with Crippen LogP contribution in [0.1, 0.15) is 32.4 Å². The smallest absolute Gasteiger partial charge is 0.241 e. The molecule has 1 rings (SSSR count). The van der Waals surface area contributed by atoms with Crippen LogP contribution < -0.4 is 11.1 Å². The number of nitrogens with zero attached hydrogens (tertiary/aromatic N) is 2. The van der Waals surface area contributed by atoms with Gasteiger partial charge in [0.05, 0.1) is 12.1 Å². The van der Waals surface area contributed by atoms with E-state index in [1.807, 2.05) is 25.1 Å². The summed E-state index contributed by atoms with van der Waals surface area (Å²) in [5.41, 5.74) is 5.93. The van der Waals surface area contributed by atoms with Crippen molar-refractivity contribution in [2.24, 2.45) is 5.73 Å². The Hall–Kier alpha value is -1.95. The highest BCUT2D eigenvalue weighted by molar-refractivity contribution is 5.89. The zero-order valence-electron chi connectivity index (χ0n) is 13.6. The van der Waals surface area contributed by atoms with E-state index in [1.165, 1.54) is 0 Å². The molecule has 3 N–H and O–H groups in total. The lowest BCUT2D eigenvalue weighted by Gasteiger charge is -2.24. The molecule has 0 radical (unpaired) electrons. The van der Waals surface area contributed by atoms with Crippen LogP contribution >= 0.6 is 0 Å². The highest BCUT2D eigenvalue weighted by Gasteiger charge is 2.27. The number of hydrogen-bond acceptors (Lipinski definition) is 4. The first-order valence-electron chi connectivity index (χ1n) is 7.58. The second-order valence-corrected chi connectivity index (χ2v) is 5.74. The van der Waals surface area contributed by atoms with E-state index >= 15 is 0 Å². The molecule has 0 bridgehead atoms. The van der Waals surface area contributed by atoms with Crippen molar-refractivity contribution >= 4 is 11.8 Å². The normalized spacial score (nSPS) is 13.3. The van der Waals surface area contributed by atoms with Crippen LogP contribution in [-0.2, 0) is 16.0 Å². The fourth-order valence-corrected chi connectivity index (χ4v) is 2.08. The maximum Gasteiger partial charge on any atom is 0.241 e. The van der Waals surface area contributed by atoms with Crippen LogP contribution in [0.2, 0.25) is 0 Å². The zero-order valence-corrected chi connectivity index (χ0v) is 13.6. The Balaban J connectivity index is 2.37. The lowest BCUT2D eigenvalue weighted by Crippen LogP contribution is -2.53. The van der Waals surface area contributed by atoms with Crippen molar-refractivity contribution in [2.75, 3.05) is 20.1 Å². The van der Waals surface area contributed by atoms with Gasteiger partial charge in [-0.15, -0.1) is 0 Å². The molecular formula is C16H26N4O2. The molecule has 1 unspecified atom stereocenters. The summed E-state index contributed by atoms with van der Waals surface area (Å²) in [4.78, 5) is 29.7. The molecule has 1 heterocycles. The number of rotatable bonds is 8. The molecule has 0 aromatic carbocycles. The standard InChI is InChI=1S/C16H26N4O2/c1-4-9-16(2,17)15(22)19-12-14(21)20(3)11-8-13-7-5-6-10-18-13/h5-7,10H,4,8-9,11-12,17H2,1-3H3,(H,19,22). The third kappa shape index (κ3) is 5.81. The predicted molar refractivity (Wildman–Crippen MR) is 86.1 cm³/mol. The van der Waals surface area contributed by atoms with Gasteiger partial charge in [0, 0.05) is 31.9 Å². The first-order valence-corrected chi connectivity index (χ1v) is 7.58. The quantitative estimate of drug-likeness (QED) is 0.740. The number of hydrogen-bond donors (Lipinski definition) is 2. The van der Waals surface area contributed by atoms with Gasteiger partial charge in [0.15, 0.2) is 0 Å². The number of nitrogens with two attached hydrogens (primary N) is 1. The Bertz CT molecular complexity index is 488. The van der Waals surface area contributed by atoms with Gasteiger partial charge in [0.25, 0.3) is 0 Å². The molecule has 0 spiro atoms. The number of nitrogens with one attached hydrogen (secondary N) is 1. The van der Waals surface area contributed by atoms with E-state index in [2.05, 4.69) is 10.3 Å². The Morgan fingerprint density at radius 3 is 2.73 bits per heavy atom. The second kappa shape index (κ2) is 8.48. The Labute approximate surface area is 132 Å². The highest BCUT2D eigenvalue weighted by Crippen LogP contribution is 2.08. The third-order valence-electron chi connectivity index (χ3n) is 3.54. The average Bonchev–Trinajstić information content (AvgIpc) is 2.50. The van der Waals surface area contributed by atoms with E-state index in [0.717, 1.165) is 12.1 Å². The van der Waals surface area contributed by atoms with Crippen molar-refractivity contribution < 1.29 is 9.59 Å². The highest BCUT2D eigenvalue weighted by atomic mass is 16.2. The minimum absolute atomic E-state index is 0.0337. The van der Waals surface area contributed by atoms with Crippen LogP contribution in [0.4, 0.5) is 0 Å². The van der Waals surface area contributed by atoms with Crippen LogP contribution in [0.15, 0.2) is 24.4 Å². The van der Waals surface area contributed by atoms with Crippen LogP contribution in [0.25, 0.3) is 0 Å². The number of pyridine rings is 1. The summed E-state index contributed by atoms with van der Waals surface area (Å²) in [6.07, 6.45) is 3.82. The SMILES string of the molecule is CCCC(C)(N)C(=O)NCC(=O)N(C)CCc1ccccn1. The summed E-state index contributed by atoms with van der Waals surface area (Å²) in [6, 6.07) is 5.69. The largest absolute Gasteiger partial charge is 0.345 e. The van der Waals surface area contributed by atoms with Crippen LogP contribution in [0.3, 0.4) is 0 Å². The summed E-state index contributed by atoms with van der Waals surface area (Å²) < 4.78 is 0. The van der Waals surface area contributed by atoms with E-state index in [1.54, 1.807) is 25.1 Å². The fourth-order valence-electron chi connectivity index (χ4n) is 2.08. The van der Waals surface area contributed by atoms with E-state index < -0.39 is 5.54 Å². The molecule has 0 aliphatic carbocycles. The Morgan fingerprint density at radius 1 is 1.41 bits per heavy atom. The molecule has 2 amide bonds. The first-order chi connectivity index (χ1) is 10.4. The molecule has 6 heteroatoms. The summed E-state index contributed by atoms with van der Waals surface area (Å²) in [5, 5.41) is 2.62. The van der Waals surface area contributed by atoms with Gasteiger partial charge in [0.2, 0.25) is 11.8 Å². The van der Waals surface area contributed by atoms with Gasteiger partial charge in [-0.1, -0.05) is 19.4 Å². The van der Waals surface area contributed by atoms with E-state index in [9.17, 15) is 9.59 Å². The molecule has 122 valence electrons. The van der Waals surface area contributed by atoms with Gasteiger partial charge in [-0.3, -0.25) is 14.6 Å². The number of likely N-dealkylation sites (N-methyl/N-ethyl adjacent to an activating group) is 1. The van der Waals surface area contributed by atoms with Crippen molar-refractivity contribution in [3.63, 3.8) is 0 Å². The fraction of sp³-hybridized carbons (Fsp3) is 0.562. The van der Waals surface area contributed by atoms with Crippen LogP contribution in [-0.4, -0.2) is 47.4 Å². The molecule has 0 aliphatic rings. The van der Waals surface area contributed by atoms with Crippen molar-refractivity contribution in [1.82, 2.24) is 15.2 Å². The summed E-state index contributed by atoms with van der Waals surface area (Å²) in [5.74, 6) is -0.433. The molecule has 1 aromatic rings. The maximum atomic E-state index is 12.0. The van der Waals surface area contributed by atoms with E-state index in [-0.39, 0.29) is 18.4 Å². The molecule has 0 aliphatic heterocycles. The van der Waals surface area contributed by atoms with Gasteiger partial charge >= 0.3 is 0 Å². The lowest BCUT2D eigenvalue weighted by atomic mass is 9.96. The molecule has 1 aromatic heterocycles. The van der Waals surface area contributed by atoms with Crippen LogP contribution in [0.5, 0.6) is 0 Å². The lowest BCUT2D eigenvalue weighted by molar-refractivity contribution is -0.133. The van der Waals surface area contributed by atoms with Gasteiger partial charge < -0.3 is 16.0 Å². The maximum absolute atomic E-state index is 12.0. The van der Waals surface area contributed by atoms with Gasteiger partial charge in [-0.05, 0) is 25.5 Å². The van der Waals surface area contributed by atoms with E-state index in [0.29, 0.717) is 19.4 Å². The topological polar surface area (TPSA) is 88.3 Å². The van der Waals surface area contributed by atoms with Crippen molar-refractivity contribution in [2.45, 2.75) is 38.6 Å². The zero-order chi connectivity index (χ0) is 16.6. The average molecular weight is 306 g/mol. The number of amides is 2. The van der Waals surface area contributed by atoms with Crippen molar-refractivity contribution in [3.8, 4) is 0 Å². The minimum atomic E-state index is -0.929. The molecule has 0 saturated carbocycles. The first kappa shape index (κ1) is 18.1. The van der Waals surface area contributed by atoms with Crippen molar-refractivity contribution in [3.05, 3.63) is 30.1 Å². The van der Waals surface area contributed by atoms with Gasteiger partial charge in [-0.25, -0.2) is 0 Å². The second-order valence-electron chi connectivity index (χ2n) is 5.74. The monoisotopic (exact) mass is 306 g/mol. The molecule has 1 atom stereocenters. The number of carbonyl (C=O) groups is 2. The number of aromatic nitrogens is 1. The number of carbonyl (C=O) groups excluding carboxylic acids is 2. The Morgan fingerprint density at radius 2 is 2.14 bits per heavy atom. The van der Waals surface area contributed by atoms with Gasteiger partial charge in [-0.2, -0.15) is 0 Å². The summed E-state index contributed by atoms with van der Waals surface area (Å²) in [6.45, 7) is 4.17. The van der Waals surface area contributed by atoms with Gasteiger partial charge in [0.1, 0.15) is 0 Å². The predicted octanol–water partition coefficient (Wildman–Crippen LogP) is 0.716. The molecule has 22 heavy (non-hydrogen) atoms. The summed E-state index contributed by atoms with van der Waals surface area (Å²) in [7, 11) is 1.71. The molecular weight excluding hydrogens is 280 g/mol. The van der Waals surface area contributed by atoms with Crippen LogP contribution in [0, 0.1) is 0 Å². The third-order valence-corrected chi connectivity index (χ3v) is 3.54. The molecule has 0 fully saturated rings. The molecule has 6 nitrogen and oxygen atoms in total. The minimum Gasteiger partial charge on any atom is -0.345 e. The summed E-state index contributed by atoms with van der Waals surface area (Å²) >= 11 is 0. The van der Waals surface area contributed by atoms with E-state index in [4.69, 9.17) is 5.73 Å².